The van der Waals surface area contributed by atoms with Gasteiger partial charge in [-0.05, 0) is 25.5 Å². The number of amides is 1. The van der Waals surface area contributed by atoms with Crippen LogP contribution in [0.3, 0.4) is 0 Å². The van der Waals surface area contributed by atoms with Gasteiger partial charge in [0.25, 0.3) is 0 Å². The zero-order valence-electron chi connectivity index (χ0n) is 13.3. The number of hydrogen-bond donors (Lipinski definition) is 1. The van der Waals surface area contributed by atoms with Crippen LogP contribution >= 0.6 is 0 Å². The van der Waals surface area contributed by atoms with E-state index >= 15 is 0 Å². The van der Waals surface area contributed by atoms with Gasteiger partial charge in [-0.2, -0.15) is 5.10 Å². The summed E-state index contributed by atoms with van der Waals surface area (Å²) in [7, 11) is 0. The molecule has 24 heavy (non-hydrogen) atoms. The summed E-state index contributed by atoms with van der Waals surface area (Å²) in [6.45, 7) is 3.22. The molecule has 0 saturated carbocycles. The average Bonchev–Trinajstić information content (AvgIpc) is 3.34. The molecule has 4 rings (SSSR count). The van der Waals surface area contributed by atoms with E-state index in [2.05, 4.69) is 25.5 Å². The predicted octanol–water partition coefficient (Wildman–Crippen LogP) is 0.595. The molecule has 1 N–H and O–H groups in total. The molecule has 9 nitrogen and oxygen atoms in total. The molecule has 1 aliphatic rings. The number of hydrogen-bond acceptors (Lipinski definition) is 6. The Kier molecular flexibility index (Phi) is 3.60. The van der Waals surface area contributed by atoms with Crippen LogP contribution in [0.4, 0.5) is 5.82 Å². The molecule has 0 unspecified atom stereocenters. The number of carbonyl (C=O) groups is 1. The Morgan fingerprint density at radius 2 is 2.33 bits per heavy atom. The molecule has 0 aliphatic carbocycles. The van der Waals surface area contributed by atoms with Crippen LogP contribution in [0.15, 0.2) is 37.2 Å². The summed E-state index contributed by atoms with van der Waals surface area (Å²) in [6.07, 6.45) is 7.42. The smallest absolute Gasteiger partial charge is 0.247 e. The van der Waals surface area contributed by atoms with Crippen LogP contribution in [-0.4, -0.2) is 59.3 Å². The molecular weight excluding hydrogens is 308 g/mol. The van der Waals surface area contributed by atoms with Crippen molar-refractivity contribution in [1.29, 1.82) is 0 Å². The van der Waals surface area contributed by atoms with Gasteiger partial charge in [-0.3, -0.25) is 4.79 Å². The van der Waals surface area contributed by atoms with Crippen molar-refractivity contribution < 1.29 is 4.79 Å². The SMILES string of the molecule is C[C@H](C(=O)N1CC[C@@H](Nc2ccc3nccn3n2)C1)n1cncn1. The van der Waals surface area contributed by atoms with E-state index in [-0.39, 0.29) is 18.0 Å². The van der Waals surface area contributed by atoms with E-state index in [1.54, 1.807) is 21.7 Å². The minimum Gasteiger partial charge on any atom is -0.364 e. The van der Waals surface area contributed by atoms with Crippen molar-refractivity contribution >= 4 is 17.4 Å². The second-order valence-corrected chi connectivity index (χ2v) is 5.91. The Bertz CT molecular complexity index is 842. The summed E-state index contributed by atoms with van der Waals surface area (Å²) in [4.78, 5) is 22.5. The van der Waals surface area contributed by atoms with Gasteiger partial charge in [-0.25, -0.2) is 19.2 Å². The highest BCUT2D eigenvalue weighted by atomic mass is 16.2. The first kappa shape index (κ1) is 14.6. The van der Waals surface area contributed by atoms with E-state index in [1.165, 1.54) is 6.33 Å². The van der Waals surface area contributed by atoms with Crippen molar-refractivity contribution in [3.05, 3.63) is 37.2 Å². The highest BCUT2D eigenvalue weighted by molar-refractivity contribution is 5.80. The number of fused-ring (bicyclic) bond motifs is 1. The van der Waals surface area contributed by atoms with Gasteiger partial charge >= 0.3 is 0 Å². The number of anilines is 1. The standard InChI is InChI=1S/C15H18N8O/c1-11(23-10-16-9-18-23)15(24)21-6-4-12(8-21)19-13-2-3-14-17-5-7-22(14)20-13/h2-3,5,7,9-12H,4,6,8H2,1H3,(H,19,20)/t11-,12-/m1/s1. The molecule has 4 heterocycles. The lowest BCUT2D eigenvalue weighted by Crippen LogP contribution is -2.36. The molecule has 2 atom stereocenters. The molecule has 3 aromatic heterocycles. The summed E-state index contributed by atoms with van der Waals surface area (Å²) in [5.41, 5.74) is 0.811. The largest absolute Gasteiger partial charge is 0.364 e. The van der Waals surface area contributed by atoms with Crippen LogP contribution < -0.4 is 5.32 Å². The fraction of sp³-hybridized carbons (Fsp3) is 0.400. The second kappa shape index (κ2) is 5.91. The highest BCUT2D eigenvalue weighted by Gasteiger charge is 2.30. The van der Waals surface area contributed by atoms with E-state index in [4.69, 9.17) is 0 Å². The Hall–Kier alpha value is -2.97. The van der Waals surface area contributed by atoms with Gasteiger partial charge in [-0.1, -0.05) is 0 Å². The van der Waals surface area contributed by atoms with Gasteiger partial charge in [0.15, 0.2) is 5.65 Å². The van der Waals surface area contributed by atoms with Gasteiger partial charge in [0.1, 0.15) is 24.5 Å². The van der Waals surface area contributed by atoms with E-state index in [0.717, 1.165) is 24.4 Å². The summed E-state index contributed by atoms with van der Waals surface area (Å²) in [6, 6.07) is 3.67. The number of carbonyl (C=O) groups excluding carboxylic acids is 1. The molecule has 0 radical (unpaired) electrons. The third-order valence-electron chi connectivity index (χ3n) is 4.30. The zero-order valence-corrected chi connectivity index (χ0v) is 13.3. The van der Waals surface area contributed by atoms with Crippen molar-refractivity contribution in [3.8, 4) is 0 Å². The lowest BCUT2D eigenvalue weighted by atomic mass is 10.2. The average molecular weight is 326 g/mol. The summed E-state index contributed by atoms with van der Waals surface area (Å²) < 4.78 is 3.31. The second-order valence-electron chi connectivity index (χ2n) is 5.91. The molecule has 3 aromatic rings. The Balaban J connectivity index is 1.40. The molecular formula is C15H18N8O. The van der Waals surface area contributed by atoms with Crippen molar-refractivity contribution in [3.63, 3.8) is 0 Å². The molecule has 124 valence electrons. The molecule has 1 saturated heterocycles. The lowest BCUT2D eigenvalue weighted by Gasteiger charge is -2.21. The van der Waals surface area contributed by atoms with Crippen molar-refractivity contribution in [2.75, 3.05) is 18.4 Å². The van der Waals surface area contributed by atoms with Crippen molar-refractivity contribution in [1.82, 2.24) is 34.3 Å². The van der Waals surface area contributed by atoms with E-state index in [0.29, 0.717) is 6.54 Å². The lowest BCUT2D eigenvalue weighted by molar-refractivity contribution is -0.133. The fourth-order valence-electron chi connectivity index (χ4n) is 2.97. The maximum absolute atomic E-state index is 12.6. The number of aromatic nitrogens is 6. The molecule has 1 aliphatic heterocycles. The first-order chi connectivity index (χ1) is 11.7. The van der Waals surface area contributed by atoms with Crippen LogP contribution in [0, 0.1) is 0 Å². The highest BCUT2D eigenvalue weighted by Crippen LogP contribution is 2.18. The normalized spacial score (nSPS) is 18.9. The zero-order chi connectivity index (χ0) is 16.5. The molecule has 1 amide bonds. The maximum atomic E-state index is 12.6. The molecule has 1 fully saturated rings. The monoisotopic (exact) mass is 326 g/mol. The number of nitrogens with zero attached hydrogens (tertiary/aromatic N) is 7. The fourth-order valence-corrected chi connectivity index (χ4v) is 2.97. The minimum atomic E-state index is -0.341. The predicted molar refractivity (Wildman–Crippen MR) is 86.3 cm³/mol. The van der Waals surface area contributed by atoms with Crippen LogP contribution in [0.2, 0.25) is 0 Å². The molecule has 0 bridgehead atoms. The van der Waals surface area contributed by atoms with E-state index < -0.39 is 0 Å². The van der Waals surface area contributed by atoms with Gasteiger partial charge in [0.05, 0.1) is 0 Å². The van der Waals surface area contributed by atoms with Crippen LogP contribution in [0.1, 0.15) is 19.4 Å². The third-order valence-corrected chi connectivity index (χ3v) is 4.30. The Morgan fingerprint density at radius 1 is 1.42 bits per heavy atom. The van der Waals surface area contributed by atoms with Crippen LogP contribution in [-0.2, 0) is 4.79 Å². The number of likely N-dealkylation sites (tertiary alicyclic amines) is 1. The maximum Gasteiger partial charge on any atom is 0.247 e. The van der Waals surface area contributed by atoms with E-state index in [9.17, 15) is 4.79 Å². The minimum absolute atomic E-state index is 0.0582. The summed E-state index contributed by atoms with van der Waals surface area (Å²) in [5.74, 6) is 0.840. The van der Waals surface area contributed by atoms with Gasteiger partial charge in [0.2, 0.25) is 5.91 Å². The molecule has 0 aromatic carbocycles. The van der Waals surface area contributed by atoms with Gasteiger partial charge < -0.3 is 10.2 Å². The third kappa shape index (κ3) is 2.68. The number of nitrogens with one attached hydrogen (secondary N) is 1. The Morgan fingerprint density at radius 3 is 3.17 bits per heavy atom. The first-order valence-electron chi connectivity index (χ1n) is 7.90. The van der Waals surface area contributed by atoms with Crippen molar-refractivity contribution in [2.24, 2.45) is 0 Å². The van der Waals surface area contributed by atoms with Crippen molar-refractivity contribution in [2.45, 2.75) is 25.4 Å². The topological polar surface area (TPSA) is 93.2 Å². The first-order valence-corrected chi connectivity index (χ1v) is 7.90. The summed E-state index contributed by atoms with van der Waals surface area (Å²) in [5, 5.41) is 11.9. The number of imidazole rings is 1. The summed E-state index contributed by atoms with van der Waals surface area (Å²) >= 11 is 0. The van der Waals surface area contributed by atoms with E-state index in [1.807, 2.05) is 30.2 Å². The van der Waals surface area contributed by atoms with Crippen LogP contribution in [0.5, 0.6) is 0 Å². The van der Waals surface area contributed by atoms with Gasteiger partial charge in [0, 0.05) is 31.5 Å². The molecule has 9 heteroatoms. The Labute approximate surface area is 138 Å². The number of rotatable bonds is 4. The van der Waals surface area contributed by atoms with Crippen LogP contribution in [0.25, 0.3) is 5.65 Å². The quantitative estimate of drug-likeness (QED) is 0.754. The molecule has 0 spiro atoms. The van der Waals surface area contributed by atoms with Gasteiger partial charge in [-0.15, -0.1) is 5.10 Å².